The Morgan fingerprint density at radius 1 is 1.29 bits per heavy atom. The molecule has 1 aliphatic carbocycles. The van der Waals surface area contributed by atoms with Crippen LogP contribution in [0.3, 0.4) is 0 Å². The van der Waals surface area contributed by atoms with Crippen molar-refractivity contribution in [1.82, 2.24) is 9.78 Å². The highest BCUT2D eigenvalue weighted by atomic mass is 16.5. The van der Waals surface area contributed by atoms with E-state index in [1.54, 1.807) is 6.07 Å². The van der Waals surface area contributed by atoms with Gasteiger partial charge in [-0.15, -0.1) is 4.73 Å². The fourth-order valence-electron chi connectivity index (χ4n) is 4.66. The van der Waals surface area contributed by atoms with E-state index in [9.17, 15) is 15.1 Å². The Hall–Kier alpha value is -3.33. The van der Waals surface area contributed by atoms with Crippen LogP contribution in [0.5, 0.6) is 11.6 Å². The maximum Gasteiger partial charge on any atom is 0.379 e. The van der Waals surface area contributed by atoms with Gasteiger partial charge in [-0.3, -0.25) is 9.48 Å². The molecule has 2 heterocycles. The van der Waals surface area contributed by atoms with Gasteiger partial charge >= 0.3 is 11.8 Å². The van der Waals surface area contributed by atoms with Crippen molar-refractivity contribution in [3.63, 3.8) is 0 Å². The number of carbonyl (C=O) groups excluding carboxylic acids is 1. The molecule has 0 bridgehead atoms. The van der Waals surface area contributed by atoms with E-state index in [2.05, 4.69) is 5.32 Å². The fraction of sp³-hybridized carbons (Fsp3) is 0.480. The maximum absolute atomic E-state index is 12.9. The molecule has 9 nitrogen and oxygen atoms in total. The van der Waals surface area contributed by atoms with Crippen molar-refractivity contribution in [2.45, 2.75) is 58.1 Å². The first-order valence-corrected chi connectivity index (χ1v) is 11.7. The van der Waals surface area contributed by atoms with Gasteiger partial charge in [0.25, 0.3) is 5.69 Å². The second kappa shape index (κ2) is 9.50. The summed E-state index contributed by atoms with van der Waals surface area (Å²) in [6.07, 6.45) is 5.78. The summed E-state index contributed by atoms with van der Waals surface area (Å²) in [5.41, 5.74) is 0.490. The molecule has 1 fully saturated rings. The van der Waals surface area contributed by atoms with Gasteiger partial charge in [0.2, 0.25) is 0 Å². The second-order valence-corrected chi connectivity index (χ2v) is 9.31. The molecular formula is C25H32N4O5. The van der Waals surface area contributed by atoms with Crippen molar-refractivity contribution in [2.75, 3.05) is 19.0 Å². The van der Waals surface area contributed by atoms with Crippen molar-refractivity contribution in [3.05, 3.63) is 47.4 Å². The zero-order valence-electron chi connectivity index (χ0n) is 20.1. The minimum atomic E-state index is -0.662. The Kier molecular flexibility index (Phi) is 6.65. The summed E-state index contributed by atoms with van der Waals surface area (Å²) in [5, 5.41) is 31.2. The predicted octanol–water partition coefficient (Wildman–Crippen LogP) is 3.83. The number of hydrogen-bond donors (Lipinski definition) is 2. The number of aromatic nitrogens is 3. The highest BCUT2D eigenvalue weighted by molar-refractivity contribution is 6.04. The van der Waals surface area contributed by atoms with E-state index in [4.69, 9.17) is 14.6 Å². The number of methoxy groups -OCH3 is 1. The van der Waals surface area contributed by atoms with Gasteiger partial charge < -0.3 is 25.1 Å². The summed E-state index contributed by atoms with van der Waals surface area (Å²) in [4.78, 5) is 12.9. The number of carbonyl (C=O) groups is 1. The summed E-state index contributed by atoms with van der Waals surface area (Å²) in [6, 6.07) is 8.40. The minimum absolute atomic E-state index is 0.0358. The molecule has 34 heavy (non-hydrogen) atoms. The summed E-state index contributed by atoms with van der Waals surface area (Å²) < 4.78 is 13.2. The second-order valence-electron chi connectivity index (χ2n) is 9.31. The first-order valence-electron chi connectivity index (χ1n) is 11.7. The topological polar surface area (TPSA) is 113 Å². The normalized spacial score (nSPS) is 18.6. The predicted molar refractivity (Wildman–Crippen MR) is 128 cm³/mol. The van der Waals surface area contributed by atoms with Gasteiger partial charge in [-0.25, -0.2) is 0 Å². The van der Waals surface area contributed by atoms with Crippen molar-refractivity contribution >= 4 is 22.5 Å². The zero-order chi connectivity index (χ0) is 24.5. The average molecular weight is 469 g/mol. The van der Waals surface area contributed by atoms with Gasteiger partial charge in [0.1, 0.15) is 5.75 Å². The maximum atomic E-state index is 12.9. The molecule has 182 valence electrons. The molecule has 0 atom stereocenters. The third-order valence-electron chi connectivity index (χ3n) is 6.60. The SMILES string of the molecule is CCOc1cc2nn(C3CCC(C(C)(C)O)CC3)cc2cc1NC(=O)c1cccc(OC)[n+]1[O-]. The van der Waals surface area contributed by atoms with Gasteiger partial charge in [-0.05, 0) is 64.5 Å². The number of rotatable bonds is 7. The highest BCUT2D eigenvalue weighted by Gasteiger charge is 2.32. The number of fused-ring (bicyclic) bond motifs is 1. The van der Waals surface area contributed by atoms with Crippen LogP contribution in [0.25, 0.3) is 10.9 Å². The Bertz CT molecular complexity index is 1180. The molecule has 0 radical (unpaired) electrons. The molecule has 1 aromatic carbocycles. The molecule has 9 heteroatoms. The summed E-state index contributed by atoms with van der Waals surface area (Å²) in [6.45, 7) is 6.04. The van der Waals surface area contributed by atoms with Crippen LogP contribution in [0.4, 0.5) is 5.69 Å². The van der Waals surface area contributed by atoms with E-state index in [1.807, 2.05) is 43.8 Å². The van der Waals surface area contributed by atoms with E-state index < -0.39 is 11.5 Å². The van der Waals surface area contributed by atoms with Gasteiger partial charge in [0, 0.05) is 23.7 Å². The van der Waals surface area contributed by atoms with E-state index >= 15 is 0 Å². The minimum Gasteiger partial charge on any atom is -0.615 e. The molecule has 0 unspecified atom stereocenters. The van der Waals surface area contributed by atoms with Gasteiger partial charge in [-0.2, -0.15) is 5.10 Å². The third kappa shape index (κ3) is 4.79. The fourth-order valence-corrected chi connectivity index (χ4v) is 4.66. The van der Waals surface area contributed by atoms with Crippen LogP contribution in [-0.2, 0) is 0 Å². The lowest BCUT2D eigenvalue weighted by molar-refractivity contribution is -0.614. The number of benzene rings is 1. The first-order chi connectivity index (χ1) is 16.2. The van der Waals surface area contributed by atoms with Crippen LogP contribution in [0.15, 0.2) is 36.5 Å². The van der Waals surface area contributed by atoms with Crippen molar-refractivity contribution < 1.29 is 24.1 Å². The van der Waals surface area contributed by atoms with Gasteiger partial charge in [0.15, 0.2) is 0 Å². The van der Waals surface area contributed by atoms with Crippen LogP contribution in [-0.4, -0.2) is 40.1 Å². The molecule has 0 saturated heterocycles. The molecule has 2 aromatic heterocycles. The lowest BCUT2D eigenvalue weighted by Gasteiger charge is -2.35. The summed E-state index contributed by atoms with van der Waals surface area (Å²) in [5.74, 6) is 0.250. The lowest BCUT2D eigenvalue weighted by Crippen LogP contribution is -2.38. The molecule has 0 spiro atoms. The Balaban J connectivity index is 1.59. The average Bonchev–Trinajstić information content (AvgIpc) is 3.22. The Morgan fingerprint density at radius 2 is 2.03 bits per heavy atom. The number of pyridine rings is 1. The molecule has 2 N–H and O–H groups in total. The number of ether oxygens (including phenoxy) is 2. The van der Waals surface area contributed by atoms with E-state index in [1.165, 1.54) is 19.2 Å². The van der Waals surface area contributed by atoms with E-state index in [0.717, 1.165) is 36.6 Å². The monoisotopic (exact) mass is 468 g/mol. The molecule has 0 aliphatic heterocycles. The number of amides is 1. The zero-order valence-corrected chi connectivity index (χ0v) is 20.1. The molecule has 3 aromatic rings. The number of nitrogens with one attached hydrogen (secondary N) is 1. The summed E-state index contributed by atoms with van der Waals surface area (Å²) >= 11 is 0. The first kappa shape index (κ1) is 23.8. The molecule has 4 rings (SSSR count). The van der Waals surface area contributed by atoms with Gasteiger partial charge in [-0.1, -0.05) is 0 Å². The van der Waals surface area contributed by atoms with Crippen molar-refractivity contribution in [1.29, 1.82) is 0 Å². The smallest absolute Gasteiger partial charge is 0.379 e. The number of nitrogens with zero attached hydrogens (tertiary/aromatic N) is 3. The van der Waals surface area contributed by atoms with E-state index in [0.29, 0.717) is 28.7 Å². The van der Waals surface area contributed by atoms with Crippen LogP contribution in [0, 0.1) is 11.1 Å². The lowest BCUT2D eigenvalue weighted by atomic mass is 9.77. The van der Waals surface area contributed by atoms with Crippen LogP contribution >= 0.6 is 0 Å². The molecule has 1 saturated carbocycles. The van der Waals surface area contributed by atoms with Crippen LogP contribution in [0.1, 0.15) is 63.0 Å². The summed E-state index contributed by atoms with van der Waals surface area (Å²) in [7, 11) is 1.38. The standard InChI is InChI=1S/C25H32N4O5/c1-5-34-22-14-19-16(15-28(27-19)18-11-9-17(10-12-18)25(2,3)31)13-20(22)26-24(30)21-7-6-8-23(33-4)29(21)32/h6-8,13-15,17-18,31H,5,9-12H2,1-4H3,(H,26,30). The van der Waals surface area contributed by atoms with E-state index in [-0.39, 0.29) is 17.6 Å². The van der Waals surface area contributed by atoms with Crippen LogP contribution in [0.2, 0.25) is 0 Å². The number of hydrogen-bond acceptors (Lipinski definition) is 6. The largest absolute Gasteiger partial charge is 0.615 e. The van der Waals surface area contributed by atoms with Crippen molar-refractivity contribution in [2.24, 2.45) is 5.92 Å². The van der Waals surface area contributed by atoms with Crippen molar-refractivity contribution in [3.8, 4) is 11.6 Å². The Labute approximate surface area is 198 Å². The molecule has 1 aliphatic rings. The number of aliphatic hydroxyl groups is 1. The molecule has 1 amide bonds. The highest BCUT2D eigenvalue weighted by Crippen LogP contribution is 2.38. The van der Waals surface area contributed by atoms with Gasteiger partial charge in [0.05, 0.1) is 42.6 Å². The number of anilines is 1. The Morgan fingerprint density at radius 3 is 2.68 bits per heavy atom. The third-order valence-corrected chi connectivity index (χ3v) is 6.60. The molecular weight excluding hydrogens is 436 g/mol. The van der Waals surface area contributed by atoms with Crippen LogP contribution < -0.4 is 19.5 Å². The quantitative estimate of drug-likeness (QED) is 0.403.